The van der Waals surface area contributed by atoms with E-state index in [0.717, 1.165) is 19.3 Å². The van der Waals surface area contributed by atoms with Crippen molar-refractivity contribution in [3.63, 3.8) is 0 Å². The Kier molecular flexibility index (Phi) is 18.1. The van der Waals surface area contributed by atoms with Gasteiger partial charge in [-0.3, -0.25) is 9.59 Å². The van der Waals surface area contributed by atoms with E-state index >= 15 is 0 Å². The molecule has 0 bridgehead atoms. The zero-order chi connectivity index (χ0) is 17.9. The molecule has 0 aromatic carbocycles. The Labute approximate surface area is 153 Å². The van der Waals surface area contributed by atoms with Crippen molar-refractivity contribution in [2.24, 2.45) is 0 Å². The second-order valence-corrected chi connectivity index (χ2v) is 5.69. The fourth-order valence-electron chi connectivity index (χ4n) is 1.74. The molecule has 0 radical (unpaired) electrons. The van der Waals surface area contributed by atoms with Gasteiger partial charge in [0.25, 0.3) is 0 Å². The molecule has 0 atom stereocenters. The first-order valence-corrected chi connectivity index (χ1v) is 9.65. The number of hydrogen-bond acceptors (Lipinski definition) is 5. The molecule has 0 aromatic rings. The second-order valence-electron chi connectivity index (χ2n) is 5.13. The van der Waals surface area contributed by atoms with Crippen molar-refractivity contribution >= 4 is 27.7 Å². The number of halogens is 1. The van der Waals surface area contributed by atoms with Crippen molar-refractivity contribution < 1.29 is 23.8 Å². The summed E-state index contributed by atoms with van der Waals surface area (Å²) < 4.78 is 16.0. The van der Waals surface area contributed by atoms with Crippen LogP contribution in [0.3, 0.4) is 0 Å². The molecule has 8 heteroatoms. The van der Waals surface area contributed by atoms with Crippen molar-refractivity contribution in [1.29, 1.82) is 0 Å². The molecule has 0 heterocycles. The van der Waals surface area contributed by atoms with Crippen molar-refractivity contribution in [2.45, 2.75) is 32.6 Å². The van der Waals surface area contributed by atoms with Gasteiger partial charge in [0.15, 0.2) is 0 Å². The van der Waals surface area contributed by atoms with Crippen LogP contribution in [0.2, 0.25) is 0 Å². The third-order valence-corrected chi connectivity index (χ3v) is 3.52. The fourth-order valence-corrected chi connectivity index (χ4v) is 1.94. The van der Waals surface area contributed by atoms with E-state index in [1.807, 2.05) is 0 Å². The number of rotatable bonds is 17. The summed E-state index contributed by atoms with van der Waals surface area (Å²) in [5.41, 5.74) is 0. The molecule has 0 aliphatic rings. The fraction of sp³-hybridized carbons (Fsp3) is 0.875. The molecule has 0 saturated carbocycles. The second kappa shape index (κ2) is 18.6. The van der Waals surface area contributed by atoms with Crippen LogP contribution in [0.15, 0.2) is 0 Å². The van der Waals surface area contributed by atoms with Crippen LogP contribution < -0.4 is 10.6 Å². The third-order valence-electron chi connectivity index (χ3n) is 3.01. The molecule has 0 fully saturated rings. The first-order chi connectivity index (χ1) is 11.7. The molecule has 24 heavy (non-hydrogen) atoms. The van der Waals surface area contributed by atoms with Crippen LogP contribution in [-0.2, 0) is 23.8 Å². The Bertz CT molecular complexity index is 319. The van der Waals surface area contributed by atoms with Gasteiger partial charge < -0.3 is 24.8 Å². The van der Waals surface area contributed by atoms with Gasteiger partial charge in [-0.15, -0.1) is 0 Å². The standard InChI is InChI=1S/C16H31BrN2O5/c1-2-3-4-5-15(20)18-6-8-22-10-12-24-13-11-23-9-7-19-16(21)14-17/h2-14H2,1H3,(H,18,20)(H,19,21). The highest BCUT2D eigenvalue weighted by atomic mass is 79.9. The summed E-state index contributed by atoms with van der Waals surface area (Å²) in [6.45, 7) is 6.07. The molecule has 142 valence electrons. The van der Waals surface area contributed by atoms with E-state index in [1.54, 1.807) is 0 Å². The topological polar surface area (TPSA) is 85.9 Å². The zero-order valence-electron chi connectivity index (χ0n) is 14.6. The molecule has 0 aliphatic carbocycles. The predicted octanol–water partition coefficient (Wildman–Crippen LogP) is 1.24. The van der Waals surface area contributed by atoms with Crippen molar-refractivity contribution in [1.82, 2.24) is 10.6 Å². The van der Waals surface area contributed by atoms with E-state index < -0.39 is 0 Å². The largest absolute Gasteiger partial charge is 0.377 e. The molecule has 2 N–H and O–H groups in total. The van der Waals surface area contributed by atoms with Gasteiger partial charge in [-0.25, -0.2) is 0 Å². The Morgan fingerprint density at radius 3 is 1.79 bits per heavy atom. The maximum Gasteiger partial charge on any atom is 0.230 e. The highest BCUT2D eigenvalue weighted by molar-refractivity contribution is 9.09. The number of carbonyl (C=O) groups excluding carboxylic acids is 2. The van der Waals surface area contributed by atoms with Crippen LogP contribution in [0.4, 0.5) is 0 Å². The molecule has 2 amide bonds. The molecule has 0 rings (SSSR count). The Balaban J connectivity index is 3.12. The smallest absolute Gasteiger partial charge is 0.230 e. The average molecular weight is 411 g/mol. The lowest BCUT2D eigenvalue weighted by molar-refractivity contribution is -0.121. The Morgan fingerprint density at radius 2 is 1.29 bits per heavy atom. The number of ether oxygens (including phenoxy) is 3. The van der Waals surface area contributed by atoms with Crippen molar-refractivity contribution in [3.05, 3.63) is 0 Å². The number of unbranched alkanes of at least 4 members (excludes halogenated alkanes) is 2. The van der Waals surface area contributed by atoms with Crippen LogP contribution in [0.5, 0.6) is 0 Å². The van der Waals surface area contributed by atoms with Crippen LogP contribution in [0, 0.1) is 0 Å². The van der Waals surface area contributed by atoms with Crippen LogP contribution in [0.1, 0.15) is 32.6 Å². The monoisotopic (exact) mass is 410 g/mol. The predicted molar refractivity (Wildman–Crippen MR) is 96.4 cm³/mol. The molecule has 0 spiro atoms. The highest BCUT2D eigenvalue weighted by Gasteiger charge is 1.99. The Morgan fingerprint density at radius 1 is 0.792 bits per heavy atom. The van der Waals surface area contributed by atoms with Gasteiger partial charge in [-0.1, -0.05) is 35.7 Å². The van der Waals surface area contributed by atoms with E-state index in [4.69, 9.17) is 14.2 Å². The first kappa shape index (κ1) is 23.3. The summed E-state index contributed by atoms with van der Waals surface area (Å²) in [6.07, 6.45) is 3.75. The molecule has 7 nitrogen and oxygen atoms in total. The lowest BCUT2D eigenvalue weighted by Gasteiger charge is -2.08. The minimum absolute atomic E-state index is 0.0517. The summed E-state index contributed by atoms with van der Waals surface area (Å²) in [7, 11) is 0. The molecule has 0 saturated heterocycles. The molecular weight excluding hydrogens is 380 g/mol. The minimum Gasteiger partial charge on any atom is -0.377 e. The lowest BCUT2D eigenvalue weighted by Crippen LogP contribution is -2.28. The summed E-state index contributed by atoms with van der Waals surface area (Å²) >= 11 is 3.06. The SMILES string of the molecule is CCCCCC(=O)NCCOCCOCCOCCNC(=O)CBr. The minimum atomic E-state index is -0.0517. The Hall–Kier alpha value is -0.700. The maximum atomic E-state index is 11.4. The zero-order valence-corrected chi connectivity index (χ0v) is 16.2. The van der Waals surface area contributed by atoms with Crippen LogP contribution in [0.25, 0.3) is 0 Å². The quantitative estimate of drug-likeness (QED) is 0.278. The highest BCUT2D eigenvalue weighted by Crippen LogP contribution is 1.97. The van der Waals surface area contributed by atoms with Crippen molar-refractivity contribution in [2.75, 3.05) is 58.1 Å². The number of hydrogen-bond donors (Lipinski definition) is 2. The molecule has 0 aromatic heterocycles. The number of nitrogens with one attached hydrogen (secondary N) is 2. The molecule has 0 unspecified atom stereocenters. The van der Waals surface area contributed by atoms with Gasteiger partial charge in [-0.05, 0) is 6.42 Å². The molecule has 0 aliphatic heterocycles. The summed E-state index contributed by atoms with van der Waals surface area (Å²) in [6, 6.07) is 0. The van der Waals surface area contributed by atoms with E-state index in [-0.39, 0.29) is 11.8 Å². The van der Waals surface area contributed by atoms with Gasteiger partial charge in [0.1, 0.15) is 0 Å². The van der Waals surface area contributed by atoms with Crippen LogP contribution >= 0.6 is 15.9 Å². The number of alkyl halides is 1. The molecular formula is C16H31BrN2O5. The average Bonchev–Trinajstić information content (AvgIpc) is 2.58. The van der Waals surface area contributed by atoms with E-state index in [1.165, 1.54) is 0 Å². The van der Waals surface area contributed by atoms with Gasteiger partial charge in [0.2, 0.25) is 11.8 Å². The maximum absolute atomic E-state index is 11.4. The summed E-state index contributed by atoms with van der Waals surface area (Å²) in [5, 5.41) is 5.81. The third kappa shape index (κ3) is 17.7. The van der Waals surface area contributed by atoms with Gasteiger partial charge in [0, 0.05) is 19.5 Å². The normalized spacial score (nSPS) is 10.6. The van der Waals surface area contributed by atoms with Gasteiger partial charge >= 0.3 is 0 Å². The number of amides is 2. The van der Waals surface area contributed by atoms with Gasteiger partial charge in [-0.2, -0.15) is 0 Å². The number of carbonyl (C=O) groups is 2. The summed E-state index contributed by atoms with van der Waals surface area (Å²) in [4.78, 5) is 22.3. The summed E-state index contributed by atoms with van der Waals surface area (Å²) in [5.74, 6) is 0.0388. The lowest BCUT2D eigenvalue weighted by atomic mass is 10.2. The van der Waals surface area contributed by atoms with E-state index in [2.05, 4.69) is 33.5 Å². The van der Waals surface area contributed by atoms with E-state index in [9.17, 15) is 9.59 Å². The van der Waals surface area contributed by atoms with Crippen LogP contribution in [-0.4, -0.2) is 69.9 Å². The first-order valence-electron chi connectivity index (χ1n) is 8.53. The van der Waals surface area contributed by atoms with E-state index in [0.29, 0.717) is 64.5 Å². The van der Waals surface area contributed by atoms with Crippen molar-refractivity contribution in [3.8, 4) is 0 Å². The van der Waals surface area contributed by atoms with Gasteiger partial charge in [0.05, 0.1) is 45.0 Å².